The van der Waals surface area contributed by atoms with E-state index in [1.807, 2.05) is 57.2 Å². The van der Waals surface area contributed by atoms with Gasteiger partial charge in [-0.25, -0.2) is 4.79 Å². The van der Waals surface area contributed by atoms with Gasteiger partial charge in [0.1, 0.15) is 5.60 Å². The molecule has 33 heavy (non-hydrogen) atoms. The van der Waals surface area contributed by atoms with Crippen molar-refractivity contribution in [1.29, 1.82) is 0 Å². The zero-order chi connectivity index (χ0) is 23.8. The van der Waals surface area contributed by atoms with Crippen LogP contribution in [0.15, 0.2) is 52.3 Å². The van der Waals surface area contributed by atoms with Gasteiger partial charge in [-0.1, -0.05) is 12.1 Å². The number of likely N-dealkylation sites (tertiary alicyclic amines) is 1. The average molecular weight is 559 g/mol. The summed E-state index contributed by atoms with van der Waals surface area (Å²) in [4.78, 5) is 33.5. The van der Waals surface area contributed by atoms with Gasteiger partial charge in [0.05, 0.1) is 17.3 Å². The first-order chi connectivity index (χ1) is 15.6. The number of nitrogens with zero attached hydrogens (tertiary/aromatic N) is 2. The molecular formula is C25H26IN3O4. The summed E-state index contributed by atoms with van der Waals surface area (Å²) in [5.74, 6) is -0.214. The van der Waals surface area contributed by atoms with Crippen LogP contribution in [0.25, 0.3) is 10.8 Å². The van der Waals surface area contributed by atoms with E-state index in [2.05, 4.69) is 32.6 Å². The molecule has 1 aromatic heterocycles. The Labute approximate surface area is 205 Å². The summed E-state index contributed by atoms with van der Waals surface area (Å²) in [5, 5.41) is 11.4. The molecule has 0 aliphatic carbocycles. The summed E-state index contributed by atoms with van der Waals surface area (Å²) in [5.41, 5.74) is 1.32. The van der Waals surface area contributed by atoms with Crippen LogP contribution in [0.1, 0.15) is 50.8 Å². The molecule has 2 aromatic carbocycles. The number of aromatic nitrogens is 1. The number of halogens is 1. The predicted octanol–water partition coefficient (Wildman–Crippen LogP) is 5.66. The minimum atomic E-state index is -0.529. The Kier molecular flexibility index (Phi) is 6.47. The fourth-order valence-corrected chi connectivity index (χ4v) is 4.50. The first-order valence-electron chi connectivity index (χ1n) is 10.8. The zero-order valence-corrected chi connectivity index (χ0v) is 20.9. The molecule has 2 N–H and O–H groups in total. The summed E-state index contributed by atoms with van der Waals surface area (Å²) in [6.45, 7) is 6.28. The number of hydrogen-bond donors (Lipinski definition) is 2. The summed E-state index contributed by atoms with van der Waals surface area (Å²) in [6.07, 6.45) is 3.09. The molecule has 1 fully saturated rings. The highest BCUT2D eigenvalue weighted by atomic mass is 127. The van der Waals surface area contributed by atoms with Gasteiger partial charge in [-0.3, -0.25) is 14.8 Å². The minimum absolute atomic E-state index is 0.0212. The van der Waals surface area contributed by atoms with Crippen LogP contribution in [0.3, 0.4) is 0 Å². The number of rotatable bonds is 3. The van der Waals surface area contributed by atoms with Gasteiger partial charge in [-0.15, -0.1) is 0 Å². The number of H-pyrrole nitrogens is 1. The molecule has 0 radical (unpaired) electrons. The maximum Gasteiger partial charge on any atom is 0.410 e. The quantitative estimate of drug-likeness (QED) is 0.320. The molecule has 0 saturated carbocycles. The van der Waals surface area contributed by atoms with Crippen molar-refractivity contribution in [3.63, 3.8) is 0 Å². The van der Waals surface area contributed by atoms with Crippen molar-refractivity contribution in [3.05, 3.63) is 67.5 Å². The highest BCUT2D eigenvalue weighted by Gasteiger charge is 2.33. The molecular weight excluding hydrogens is 533 g/mol. The molecule has 1 aliphatic rings. The number of aromatic hydroxyl groups is 1. The van der Waals surface area contributed by atoms with Crippen LogP contribution in [-0.2, 0) is 4.74 Å². The molecule has 1 atom stereocenters. The van der Waals surface area contributed by atoms with E-state index in [9.17, 15) is 14.7 Å². The van der Waals surface area contributed by atoms with Crippen molar-refractivity contribution in [2.24, 2.45) is 4.99 Å². The van der Waals surface area contributed by atoms with Gasteiger partial charge < -0.3 is 14.7 Å². The van der Waals surface area contributed by atoms with E-state index in [0.717, 1.165) is 22.0 Å². The molecule has 3 aromatic rings. The molecule has 7 nitrogen and oxygen atoms in total. The first kappa shape index (κ1) is 23.3. The lowest BCUT2D eigenvalue weighted by atomic mass is 10.0. The van der Waals surface area contributed by atoms with Crippen LogP contribution in [0.2, 0.25) is 0 Å². The molecule has 1 aliphatic heterocycles. The Morgan fingerprint density at radius 3 is 2.64 bits per heavy atom. The van der Waals surface area contributed by atoms with Crippen LogP contribution < -0.4 is 5.56 Å². The topological polar surface area (TPSA) is 95.0 Å². The minimum Gasteiger partial charge on any atom is -0.494 e. The number of nitrogens with one attached hydrogen (secondary N) is 1. The van der Waals surface area contributed by atoms with Crippen LogP contribution in [0, 0.1) is 3.57 Å². The largest absolute Gasteiger partial charge is 0.494 e. The van der Waals surface area contributed by atoms with Gasteiger partial charge in [-0.05, 0) is 92.1 Å². The smallest absolute Gasteiger partial charge is 0.410 e. The molecule has 8 heteroatoms. The fourth-order valence-electron chi connectivity index (χ4n) is 4.01. The third kappa shape index (κ3) is 5.21. The number of aliphatic imine (C=N–C) groups is 1. The number of carbonyl (C=O) groups excluding carboxylic acids is 1. The first-order valence-corrected chi connectivity index (χ1v) is 11.9. The predicted molar refractivity (Wildman–Crippen MR) is 138 cm³/mol. The van der Waals surface area contributed by atoms with Crippen LogP contribution >= 0.6 is 22.6 Å². The SMILES string of the molecule is CC(C)(C)OC(=O)N1CCCC1c1ccc(N=Cc2c(O)[nH]c(=O)c3ccc(I)cc23)cc1. The Morgan fingerprint density at radius 1 is 1.21 bits per heavy atom. The van der Waals surface area contributed by atoms with Crippen molar-refractivity contribution in [1.82, 2.24) is 9.88 Å². The normalized spacial score (nSPS) is 16.6. The van der Waals surface area contributed by atoms with Gasteiger partial charge in [0, 0.05) is 27.1 Å². The number of fused-ring (bicyclic) bond motifs is 1. The van der Waals surface area contributed by atoms with Crippen molar-refractivity contribution in [2.45, 2.75) is 45.3 Å². The third-order valence-electron chi connectivity index (χ3n) is 5.50. The number of amides is 1. The van der Waals surface area contributed by atoms with E-state index in [1.165, 1.54) is 0 Å². The van der Waals surface area contributed by atoms with Gasteiger partial charge in [0.2, 0.25) is 5.88 Å². The van der Waals surface area contributed by atoms with Gasteiger partial charge in [-0.2, -0.15) is 0 Å². The summed E-state index contributed by atoms with van der Waals surface area (Å²) in [6, 6.07) is 13.1. The Balaban J connectivity index is 1.57. The standard InChI is InChI=1S/C25H26IN3O4/c1-25(2,3)33-24(32)29-12-4-5-21(29)15-6-9-17(10-7-15)27-14-20-19-13-16(26)8-11-18(19)22(30)28-23(20)31/h6-11,13-14,21H,4-5,12H2,1-3H3,(H2,28,30,31). The lowest BCUT2D eigenvalue weighted by Crippen LogP contribution is -2.36. The van der Waals surface area contributed by atoms with Gasteiger partial charge in [0.15, 0.2) is 0 Å². The van der Waals surface area contributed by atoms with Crippen LogP contribution in [-0.4, -0.2) is 39.4 Å². The number of benzene rings is 2. The van der Waals surface area contributed by atoms with Crippen molar-refractivity contribution in [3.8, 4) is 5.88 Å². The highest BCUT2D eigenvalue weighted by molar-refractivity contribution is 14.1. The van der Waals surface area contributed by atoms with E-state index in [4.69, 9.17) is 4.74 Å². The highest BCUT2D eigenvalue weighted by Crippen LogP contribution is 2.34. The average Bonchev–Trinajstić information content (AvgIpc) is 3.23. The van der Waals surface area contributed by atoms with Crippen molar-refractivity contribution < 1.29 is 14.6 Å². The molecule has 1 amide bonds. The van der Waals surface area contributed by atoms with E-state index in [1.54, 1.807) is 17.2 Å². The maximum absolute atomic E-state index is 12.6. The number of ether oxygens (including phenoxy) is 1. The van der Waals surface area contributed by atoms with E-state index in [0.29, 0.717) is 28.6 Å². The van der Waals surface area contributed by atoms with Crippen molar-refractivity contribution >= 4 is 51.4 Å². The molecule has 4 rings (SSSR count). The number of pyridine rings is 1. The van der Waals surface area contributed by atoms with Gasteiger partial charge >= 0.3 is 6.09 Å². The third-order valence-corrected chi connectivity index (χ3v) is 6.18. The number of hydrogen-bond acceptors (Lipinski definition) is 5. The Morgan fingerprint density at radius 2 is 1.94 bits per heavy atom. The van der Waals surface area contributed by atoms with E-state index in [-0.39, 0.29) is 23.6 Å². The van der Waals surface area contributed by atoms with Crippen LogP contribution in [0.4, 0.5) is 10.5 Å². The lowest BCUT2D eigenvalue weighted by molar-refractivity contribution is 0.0224. The zero-order valence-electron chi connectivity index (χ0n) is 18.8. The monoisotopic (exact) mass is 559 g/mol. The maximum atomic E-state index is 12.6. The molecule has 1 unspecified atom stereocenters. The number of carbonyl (C=O) groups is 1. The second-order valence-corrected chi connectivity index (χ2v) is 10.3. The molecule has 2 heterocycles. The molecule has 0 bridgehead atoms. The molecule has 0 spiro atoms. The van der Waals surface area contributed by atoms with E-state index < -0.39 is 5.60 Å². The van der Waals surface area contributed by atoms with Crippen LogP contribution in [0.5, 0.6) is 5.88 Å². The lowest BCUT2D eigenvalue weighted by Gasteiger charge is -2.28. The van der Waals surface area contributed by atoms with Gasteiger partial charge in [0.25, 0.3) is 5.56 Å². The molecule has 1 saturated heterocycles. The second-order valence-electron chi connectivity index (χ2n) is 9.09. The summed E-state index contributed by atoms with van der Waals surface area (Å²) < 4.78 is 6.52. The second kappa shape index (κ2) is 9.17. The Hall–Kier alpha value is -2.88. The Bertz CT molecular complexity index is 1280. The van der Waals surface area contributed by atoms with Crippen molar-refractivity contribution in [2.75, 3.05) is 6.54 Å². The fraction of sp³-hybridized carbons (Fsp3) is 0.320. The number of aromatic amines is 1. The summed E-state index contributed by atoms with van der Waals surface area (Å²) in [7, 11) is 0. The molecule has 172 valence electrons. The van der Waals surface area contributed by atoms with E-state index >= 15 is 0 Å². The summed E-state index contributed by atoms with van der Waals surface area (Å²) >= 11 is 2.17.